The van der Waals surface area contributed by atoms with Crippen LogP contribution in [0.3, 0.4) is 0 Å². The molecule has 3 aromatic carbocycles. The standard InChI is InChI=1S/C23H24N2O2/c1-23(2,3)14-15-5-4-6-19(11-15)22(26)27-20-10-9-16-12-18(21(24)25)8-7-17(16)13-20/h4-13H,14H2,1-3H3,(H3,24,25). The van der Waals surface area contributed by atoms with Crippen molar-refractivity contribution in [3.05, 3.63) is 77.4 Å². The van der Waals surface area contributed by atoms with Crippen molar-refractivity contribution >= 4 is 22.6 Å². The number of rotatable bonds is 4. The molecular weight excluding hydrogens is 336 g/mol. The number of carbonyl (C=O) groups excluding carboxylic acids is 1. The zero-order valence-electron chi connectivity index (χ0n) is 15.9. The number of carbonyl (C=O) groups is 1. The summed E-state index contributed by atoms with van der Waals surface area (Å²) in [4.78, 5) is 12.5. The summed E-state index contributed by atoms with van der Waals surface area (Å²) in [5.74, 6) is 0.150. The molecule has 4 nitrogen and oxygen atoms in total. The Morgan fingerprint density at radius 2 is 1.67 bits per heavy atom. The molecule has 0 amide bonds. The Labute approximate surface area is 159 Å². The van der Waals surface area contributed by atoms with Gasteiger partial charge in [-0.15, -0.1) is 0 Å². The highest BCUT2D eigenvalue weighted by Crippen LogP contribution is 2.24. The minimum absolute atomic E-state index is 0.0301. The van der Waals surface area contributed by atoms with Gasteiger partial charge in [0.1, 0.15) is 11.6 Å². The van der Waals surface area contributed by atoms with E-state index in [0.717, 1.165) is 22.8 Å². The highest BCUT2D eigenvalue weighted by atomic mass is 16.5. The summed E-state index contributed by atoms with van der Waals surface area (Å²) in [6, 6.07) is 18.5. The molecule has 0 spiro atoms. The Balaban J connectivity index is 1.80. The predicted octanol–water partition coefficient (Wildman–Crippen LogP) is 4.93. The fourth-order valence-electron chi connectivity index (χ4n) is 3.04. The summed E-state index contributed by atoms with van der Waals surface area (Å²) in [6.07, 6.45) is 0.891. The van der Waals surface area contributed by atoms with Crippen LogP contribution in [0.2, 0.25) is 0 Å². The molecule has 0 fully saturated rings. The summed E-state index contributed by atoms with van der Waals surface area (Å²) in [6.45, 7) is 6.51. The van der Waals surface area contributed by atoms with Crippen LogP contribution < -0.4 is 10.5 Å². The third-order valence-electron chi connectivity index (χ3n) is 4.23. The lowest BCUT2D eigenvalue weighted by molar-refractivity contribution is 0.0735. The molecule has 4 heteroatoms. The normalized spacial score (nSPS) is 11.4. The van der Waals surface area contributed by atoms with E-state index in [4.69, 9.17) is 15.9 Å². The van der Waals surface area contributed by atoms with Crippen molar-refractivity contribution in [3.8, 4) is 5.75 Å². The summed E-state index contributed by atoms with van der Waals surface area (Å²) >= 11 is 0. The van der Waals surface area contributed by atoms with E-state index in [9.17, 15) is 4.79 Å². The van der Waals surface area contributed by atoms with Gasteiger partial charge in [-0.2, -0.15) is 0 Å². The smallest absolute Gasteiger partial charge is 0.343 e. The number of nitrogens with one attached hydrogen (secondary N) is 1. The van der Waals surface area contributed by atoms with Crippen LogP contribution in [0.4, 0.5) is 0 Å². The van der Waals surface area contributed by atoms with Crippen LogP contribution in [-0.2, 0) is 6.42 Å². The summed E-state index contributed by atoms with van der Waals surface area (Å²) in [5.41, 5.74) is 8.01. The number of amidine groups is 1. The van der Waals surface area contributed by atoms with Gasteiger partial charge >= 0.3 is 5.97 Å². The van der Waals surface area contributed by atoms with Gasteiger partial charge in [-0.05, 0) is 58.5 Å². The van der Waals surface area contributed by atoms with E-state index in [1.165, 1.54) is 0 Å². The second kappa shape index (κ2) is 7.23. The van der Waals surface area contributed by atoms with Crippen molar-refractivity contribution in [3.63, 3.8) is 0 Å². The minimum Gasteiger partial charge on any atom is -0.423 e. The predicted molar refractivity (Wildman–Crippen MR) is 110 cm³/mol. The van der Waals surface area contributed by atoms with Gasteiger partial charge in [0, 0.05) is 5.56 Å². The molecule has 3 aromatic rings. The first kappa shape index (κ1) is 18.6. The van der Waals surface area contributed by atoms with E-state index in [0.29, 0.717) is 16.9 Å². The SMILES string of the molecule is CC(C)(C)Cc1cccc(C(=O)Oc2ccc3cc(C(=N)N)ccc3c2)c1. The van der Waals surface area contributed by atoms with Gasteiger partial charge in [0.15, 0.2) is 0 Å². The zero-order valence-corrected chi connectivity index (χ0v) is 15.9. The quantitative estimate of drug-likeness (QED) is 0.300. The maximum atomic E-state index is 12.5. The van der Waals surface area contributed by atoms with Gasteiger partial charge in [-0.25, -0.2) is 4.79 Å². The number of fused-ring (bicyclic) bond motifs is 1. The van der Waals surface area contributed by atoms with Crippen LogP contribution >= 0.6 is 0 Å². The molecule has 3 N–H and O–H groups in total. The Bertz CT molecular complexity index is 1020. The molecule has 0 atom stereocenters. The van der Waals surface area contributed by atoms with Crippen LogP contribution in [0, 0.1) is 10.8 Å². The molecule has 0 aliphatic rings. The number of hydrogen-bond donors (Lipinski definition) is 2. The molecule has 27 heavy (non-hydrogen) atoms. The fourth-order valence-corrected chi connectivity index (χ4v) is 3.04. The van der Waals surface area contributed by atoms with E-state index in [1.54, 1.807) is 18.2 Å². The topological polar surface area (TPSA) is 76.2 Å². The highest BCUT2D eigenvalue weighted by molar-refractivity contribution is 5.99. The fraction of sp³-hybridized carbons (Fsp3) is 0.217. The number of nitrogen functional groups attached to an aromatic ring is 1. The number of nitrogens with two attached hydrogens (primary N) is 1. The largest absolute Gasteiger partial charge is 0.423 e. The first-order valence-corrected chi connectivity index (χ1v) is 8.91. The summed E-state index contributed by atoms with van der Waals surface area (Å²) in [5, 5.41) is 9.38. The molecule has 0 aromatic heterocycles. The first-order valence-electron chi connectivity index (χ1n) is 8.91. The van der Waals surface area contributed by atoms with Crippen molar-refractivity contribution in [2.24, 2.45) is 11.1 Å². The van der Waals surface area contributed by atoms with Crippen LogP contribution in [0.15, 0.2) is 60.7 Å². The molecule has 0 aliphatic carbocycles. The van der Waals surface area contributed by atoms with Crippen LogP contribution in [0.25, 0.3) is 10.8 Å². The molecular formula is C23H24N2O2. The molecule has 0 radical (unpaired) electrons. The second-order valence-electron chi connectivity index (χ2n) is 7.96. The lowest BCUT2D eigenvalue weighted by atomic mass is 9.88. The second-order valence-corrected chi connectivity index (χ2v) is 7.96. The van der Waals surface area contributed by atoms with Gasteiger partial charge in [0.05, 0.1) is 5.56 Å². The van der Waals surface area contributed by atoms with Crippen molar-refractivity contribution < 1.29 is 9.53 Å². The molecule has 0 heterocycles. The first-order chi connectivity index (χ1) is 12.7. The zero-order chi connectivity index (χ0) is 19.6. The molecule has 138 valence electrons. The molecule has 0 saturated heterocycles. The third-order valence-corrected chi connectivity index (χ3v) is 4.23. The maximum Gasteiger partial charge on any atom is 0.343 e. The van der Waals surface area contributed by atoms with Crippen molar-refractivity contribution in [1.29, 1.82) is 5.41 Å². The van der Waals surface area contributed by atoms with Crippen LogP contribution in [0.1, 0.15) is 42.3 Å². The molecule has 0 bridgehead atoms. The van der Waals surface area contributed by atoms with Gasteiger partial charge in [-0.1, -0.05) is 51.1 Å². The van der Waals surface area contributed by atoms with Gasteiger partial charge in [-0.3, -0.25) is 5.41 Å². The van der Waals surface area contributed by atoms with E-state index < -0.39 is 0 Å². The van der Waals surface area contributed by atoms with Crippen molar-refractivity contribution in [1.82, 2.24) is 0 Å². The van der Waals surface area contributed by atoms with Gasteiger partial charge < -0.3 is 10.5 Å². The third kappa shape index (κ3) is 4.73. The van der Waals surface area contributed by atoms with Crippen LogP contribution in [-0.4, -0.2) is 11.8 Å². The summed E-state index contributed by atoms with van der Waals surface area (Å²) in [7, 11) is 0. The Morgan fingerprint density at radius 1 is 0.963 bits per heavy atom. The average Bonchev–Trinajstić information content (AvgIpc) is 2.60. The van der Waals surface area contributed by atoms with E-state index >= 15 is 0 Å². The molecule has 0 aliphatic heterocycles. The molecule has 3 rings (SSSR count). The van der Waals surface area contributed by atoms with Crippen molar-refractivity contribution in [2.45, 2.75) is 27.2 Å². The van der Waals surface area contributed by atoms with Crippen molar-refractivity contribution in [2.75, 3.05) is 0 Å². The number of benzene rings is 3. The number of hydrogen-bond acceptors (Lipinski definition) is 3. The maximum absolute atomic E-state index is 12.5. The molecule has 0 unspecified atom stereocenters. The monoisotopic (exact) mass is 360 g/mol. The lowest BCUT2D eigenvalue weighted by Crippen LogP contribution is -2.12. The number of ether oxygens (including phenoxy) is 1. The highest BCUT2D eigenvalue weighted by Gasteiger charge is 2.14. The molecule has 0 saturated carbocycles. The lowest BCUT2D eigenvalue weighted by Gasteiger charge is -2.18. The average molecular weight is 360 g/mol. The van der Waals surface area contributed by atoms with E-state index in [2.05, 4.69) is 20.8 Å². The van der Waals surface area contributed by atoms with E-state index in [-0.39, 0.29) is 17.2 Å². The Morgan fingerprint density at radius 3 is 2.37 bits per heavy atom. The van der Waals surface area contributed by atoms with Gasteiger partial charge in [0.25, 0.3) is 0 Å². The summed E-state index contributed by atoms with van der Waals surface area (Å²) < 4.78 is 5.57. The Hall–Kier alpha value is -3.14. The van der Waals surface area contributed by atoms with Gasteiger partial charge in [0.2, 0.25) is 0 Å². The van der Waals surface area contributed by atoms with Crippen LogP contribution in [0.5, 0.6) is 5.75 Å². The van der Waals surface area contributed by atoms with E-state index in [1.807, 2.05) is 42.5 Å². The minimum atomic E-state index is -0.370. The Kier molecular flexibility index (Phi) is 5.00. The number of esters is 1.